The van der Waals surface area contributed by atoms with Crippen LogP contribution in [0, 0.1) is 6.92 Å². The molecule has 0 bridgehead atoms. The zero-order valence-electron chi connectivity index (χ0n) is 17.8. The van der Waals surface area contributed by atoms with Crippen molar-refractivity contribution in [2.45, 2.75) is 13.5 Å². The summed E-state index contributed by atoms with van der Waals surface area (Å²) >= 11 is 0. The van der Waals surface area contributed by atoms with E-state index in [-0.39, 0.29) is 12.2 Å². The average molecular weight is 459 g/mol. The monoisotopic (exact) mass is 459 g/mol. The highest BCUT2D eigenvalue weighted by Gasteiger charge is 2.18. The smallest absolute Gasteiger partial charge is 0.322 e. The minimum absolute atomic E-state index is 0.0834. The summed E-state index contributed by atoms with van der Waals surface area (Å²) in [5.41, 5.74) is 1.84. The van der Waals surface area contributed by atoms with Gasteiger partial charge in [0.25, 0.3) is 5.91 Å². The Hall–Kier alpha value is -4.87. The highest BCUT2D eigenvalue weighted by molar-refractivity contribution is 5.97. The van der Waals surface area contributed by atoms with Gasteiger partial charge in [0, 0.05) is 23.0 Å². The fourth-order valence-corrected chi connectivity index (χ4v) is 3.33. The molecule has 0 aliphatic carbocycles. The number of rotatable bonds is 7. The summed E-state index contributed by atoms with van der Waals surface area (Å²) in [7, 11) is 0. The van der Waals surface area contributed by atoms with Crippen LogP contribution in [-0.4, -0.2) is 53.5 Å². The SMILES string of the molecule is Cc1cc(-c2nnc3c4ccccc4c(OCc4ccc(C(=O)NCC(=O)O)cn4)nn23)no1. The Kier molecular flexibility index (Phi) is 5.30. The van der Waals surface area contributed by atoms with Gasteiger partial charge in [-0.25, -0.2) is 0 Å². The van der Waals surface area contributed by atoms with Crippen LogP contribution in [0.1, 0.15) is 21.8 Å². The predicted octanol–water partition coefficient (Wildman–Crippen LogP) is 2.03. The molecule has 0 saturated carbocycles. The summed E-state index contributed by atoms with van der Waals surface area (Å²) in [4.78, 5) is 26.8. The lowest BCUT2D eigenvalue weighted by molar-refractivity contribution is -0.135. The van der Waals surface area contributed by atoms with Gasteiger partial charge in [0.05, 0.1) is 11.3 Å². The van der Waals surface area contributed by atoms with E-state index in [0.29, 0.717) is 34.5 Å². The first-order valence-corrected chi connectivity index (χ1v) is 10.1. The summed E-state index contributed by atoms with van der Waals surface area (Å²) < 4.78 is 12.7. The number of ether oxygens (including phenoxy) is 1. The second-order valence-corrected chi connectivity index (χ2v) is 7.34. The van der Waals surface area contributed by atoms with E-state index >= 15 is 0 Å². The van der Waals surface area contributed by atoms with Crippen LogP contribution in [0.5, 0.6) is 5.88 Å². The van der Waals surface area contributed by atoms with Gasteiger partial charge in [-0.3, -0.25) is 14.6 Å². The largest absolute Gasteiger partial charge is 0.480 e. The third-order valence-corrected chi connectivity index (χ3v) is 4.93. The summed E-state index contributed by atoms with van der Waals surface area (Å²) in [6.07, 6.45) is 1.36. The topological polar surface area (TPSA) is 158 Å². The van der Waals surface area contributed by atoms with Crippen molar-refractivity contribution in [3.8, 4) is 17.4 Å². The van der Waals surface area contributed by atoms with Crippen LogP contribution in [-0.2, 0) is 11.4 Å². The first kappa shape index (κ1) is 21.0. The molecule has 5 aromatic rings. The number of hydrogen-bond donors (Lipinski definition) is 2. The number of aryl methyl sites for hydroxylation is 1. The van der Waals surface area contributed by atoms with Crippen molar-refractivity contribution in [2.75, 3.05) is 6.54 Å². The number of nitrogens with one attached hydrogen (secondary N) is 1. The Morgan fingerprint density at radius 1 is 1.15 bits per heavy atom. The number of aliphatic carboxylic acids is 1. The molecule has 12 heteroatoms. The molecule has 34 heavy (non-hydrogen) atoms. The van der Waals surface area contributed by atoms with E-state index in [1.165, 1.54) is 6.20 Å². The van der Waals surface area contributed by atoms with Crippen molar-refractivity contribution in [1.29, 1.82) is 0 Å². The van der Waals surface area contributed by atoms with E-state index in [0.717, 1.165) is 10.8 Å². The van der Waals surface area contributed by atoms with Crippen molar-refractivity contribution in [2.24, 2.45) is 0 Å². The standard InChI is InChI=1S/C22H17N7O5/c1-12-8-17(28-34-12)20-26-25-19-15-4-2-3-5-16(15)22(27-29(19)20)33-11-14-7-6-13(9-23-14)21(32)24-10-18(30)31/h2-9H,10-11H2,1H3,(H,24,32)(H,30,31). The maximum absolute atomic E-state index is 12.0. The lowest BCUT2D eigenvalue weighted by Gasteiger charge is -2.10. The number of carboxylic acids is 1. The summed E-state index contributed by atoms with van der Waals surface area (Å²) in [6, 6.07) is 12.4. The van der Waals surface area contributed by atoms with Crippen molar-refractivity contribution >= 4 is 28.3 Å². The van der Waals surface area contributed by atoms with Crippen molar-refractivity contribution in [3.63, 3.8) is 0 Å². The van der Waals surface area contributed by atoms with E-state index in [9.17, 15) is 9.59 Å². The quantitative estimate of drug-likeness (QED) is 0.369. The Morgan fingerprint density at radius 3 is 2.68 bits per heavy atom. The van der Waals surface area contributed by atoms with E-state index in [4.69, 9.17) is 14.4 Å². The van der Waals surface area contributed by atoms with Gasteiger partial charge >= 0.3 is 5.97 Å². The second kappa shape index (κ2) is 8.58. The number of amides is 1. The molecule has 0 spiro atoms. The highest BCUT2D eigenvalue weighted by Crippen LogP contribution is 2.29. The van der Waals surface area contributed by atoms with Crippen molar-refractivity contribution in [1.82, 2.24) is 35.3 Å². The van der Waals surface area contributed by atoms with Crippen LogP contribution in [0.25, 0.3) is 27.9 Å². The third-order valence-electron chi connectivity index (χ3n) is 4.93. The minimum atomic E-state index is -1.13. The molecule has 4 heterocycles. The van der Waals surface area contributed by atoms with E-state index in [1.807, 2.05) is 24.3 Å². The summed E-state index contributed by atoms with van der Waals surface area (Å²) in [5, 5.41) is 29.6. The van der Waals surface area contributed by atoms with Gasteiger partial charge in [0.15, 0.2) is 11.3 Å². The molecule has 0 aliphatic rings. The fraction of sp³-hybridized carbons (Fsp3) is 0.136. The molecule has 1 amide bonds. The van der Waals surface area contributed by atoms with E-state index in [1.54, 1.807) is 29.6 Å². The average Bonchev–Trinajstić information content (AvgIpc) is 3.47. The zero-order valence-corrected chi connectivity index (χ0v) is 17.8. The number of nitrogens with zero attached hydrogens (tertiary/aromatic N) is 6. The summed E-state index contributed by atoms with van der Waals surface area (Å²) in [6.45, 7) is 1.40. The van der Waals surface area contributed by atoms with Crippen LogP contribution in [0.3, 0.4) is 0 Å². The molecule has 170 valence electrons. The van der Waals surface area contributed by atoms with E-state index in [2.05, 4.69) is 30.8 Å². The van der Waals surface area contributed by atoms with Crippen LogP contribution >= 0.6 is 0 Å². The third kappa shape index (κ3) is 3.99. The van der Waals surface area contributed by atoms with Crippen LogP contribution < -0.4 is 10.1 Å². The minimum Gasteiger partial charge on any atom is -0.480 e. The number of benzene rings is 1. The van der Waals surface area contributed by atoms with Crippen molar-refractivity contribution < 1.29 is 24.0 Å². The maximum Gasteiger partial charge on any atom is 0.322 e. The van der Waals surface area contributed by atoms with Crippen LogP contribution in [0.4, 0.5) is 0 Å². The fourth-order valence-electron chi connectivity index (χ4n) is 3.33. The van der Waals surface area contributed by atoms with Gasteiger partial charge in [-0.2, -0.15) is 4.52 Å². The van der Waals surface area contributed by atoms with Crippen LogP contribution in [0.15, 0.2) is 53.2 Å². The number of carbonyl (C=O) groups excluding carboxylic acids is 1. The van der Waals surface area contributed by atoms with Gasteiger partial charge in [0.1, 0.15) is 18.9 Å². The Balaban J connectivity index is 1.43. The highest BCUT2D eigenvalue weighted by atomic mass is 16.5. The Bertz CT molecular complexity index is 1520. The molecule has 4 aromatic heterocycles. The normalized spacial score (nSPS) is 11.1. The molecule has 0 atom stereocenters. The molecule has 0 fully saturated rings. The second-order valence-electron chi connectivity index (χ2n) is 7.34. The molecule has 2 N–H and O–H groups in total. The van der Waals surface area contributed by atoms with Gasteiger partial charge in [-0.15, -0.1) is 15.3 Å². The molecule has 0 saturated heterocycles. The lowest BCUT2D eigenvalue weighted by atomic mass is 10.2. The number of aromatic nitrogens is 6. The first-order chi connectivity index (χ1) is 16.5. The molecule has 0 radical (unpaired) electrons. The van der Waals surface area contributed by atoms with Crippen LogP contribution in [0.2, 0.25) is 0 Å². The number of fused-ring (bicyclic) bond motifs is 3. The maximum atomic E-state index is 12.0. The van der Waals surface area contributed by atoms with Gasteiger partial charge in [0.2, 0.25) is 11.7 Å². The van der Waals surface area contributed by atoms with Crippen molar-refractivity contribution in [3.05, 3.63) is 65.7 Å². The molecule has 1 aromatic carbocycles. The number of hydrogen-bond acceptors (Lipinski definition) is 9. The predicted molar refractivity (Wildman–Crippen MR) is 117 cm³/mol. The lowest BCUT2D eigenvalue weighted by Crippen LogP contribution is -2.29. The van der Waals surface area contributed by atoms with Gasteiger partial charge in [-0.05, 0) is 25.1 Å². The summed E-state index contributed by atoms with van der Waals surface area (Å²) in [5.74, 6) is -0.261. The molecule has 5 rings (SSSR count). The molecular weight excluding hydrogens is 442 g/mol. The number of carboxylic acid groups (broad SMARTS) is 1. The Morgan fingerprint density at radius 2 is 1.97 bits per heavy atom. The molecule has 0 aliphatic heterocycles. The molecule has 12 nitrogen and oxygen atoms in total. The Labute approximate surface area is 191 Å². The first-order valence-electron chi connectivity index (χ1n) is 10.1. The van der Waals surface area contributed by atoms with E-state index < -0.39 is 18.4 Å². The number of carbonyl (C=O) groups is 2. The van der Waals surface area contributed by atoms with Gasteiger partial charge in [-0.1, -0.05) is 23.4 Å². The molecule has 0 unspecified atom stereocenters. The number of pyridine rings is 1. The zero-order chi connectivity index (χ0) is 23.7. The molecular formula is C22H17N7O5. The van der Waals surface area contributed by atoms with Gasteiger partial charge < -0.3 is 19.7 Å².